The van der Waals surface area contributed by atoms with Crippen molar-refractivity contribution in [3.8, 4) is 0 Å². The molecule has 2 aliphatic rings. The fraction of sp³-hybridized carbons (Fsp3) is 0.786. The van der Waals surface area contributed by atoms with Gasteiger partial charge in [0.2, 0.25) is 0 Å². The number of carbonyl (C=O) groups excluding carboxylic acids is 1. The minimum absolute atomic E-state index is 0.0643. The zero-order valence-corrected chi connectivity index (χ0v) is 10.4. The average Bonchev–Trinajstić information content (AvgIpc) is 2.84. The van der Waals surface area contributed by atoms with Gasteiger partial charge in [-0.2, -0.15) is 0 Å². The highest BCUT2D eigenvalue weighted by Crippen LogP contribution is 2.66. The third-order valence-corrected chi connectivity index (χ3v) is 4.40. The van der Waals surface area contributed by atoms with E-state index in [0.29, 0.717) is 18.4 Å². The molecular weight excluding hydrogens is 200 g/mol. The summed E-state index contributed by atoms with van der Waals surface area (Å²) < 4.78 is 5.27. The molecule has 0 amide bonds. The van der Waals surface area contributed by atoms with Crippen molar-refractivity contribution in [3.05, 3.63) is 12.2 Å². The number of hydrogen-bond donors (Lipinski definition) is 0. The van der Waals surface area contributed by atoms with Gasteiger partial charge in [-0.05, 0) is 50.9 Å². The maximum atomic E-state index is 12.1. The molecule has 16 heavy (non-hydrogen) atoms. The molecule has 3 atom stereocenters. The summed E-state index contributed by atoms with van der Waals surface area (Å²) in [6, 6.07) is 0. The number of allylic oxidation sites excluding steroid dienone is 2. The second kappa shape index (κ2) is 4.60. The molecule has 2 nitrogen and oxygen atoms in total. The van der Waals surface area contributed by atoms with Gasteiger partial charge < -0.3 is 4.74 Å². The molecule has 0 aromatic carbocycles. The fourth-order valence-electron chi connectivity index (χ4n) is 3.55. The van der Waals surface area contributed by atoms with E-state index in [9.17, 15) is 4.79 Å². The van der Waals surface area contributed by atoms with Crippen LogP contribution in [0.3, 0.4) is 0 Å². The van der Waals surface area contributed by atoms with Crippen LogP contribution in [0.2, 0.25) is 0 Å². The van der Waals surface area contributed by atoms with E-state index in [0.717, 1.165) is 32.1 Å². The topological polar surface area (TPSA) is 26.3 Å². The van der Waals surface area contributed by atoms with Crippen LogP contribution in [0, 0.1) is 17.3 Å². The Morgan fingerprint density at radius 3 is 2.25 bits per heavy atom. The highest BCUT2D eigenvalue weighted by molar-refractivity contribution is 5.81. The second-order valence-electron chi connectivity index (χ2n) is 4.95. The van der Waals surface area contributed by atoms with Crippen molar-refractivity contribution in [1.29, 1.82) is 0 Å². The van der Waals surface area contributed by atoms with Crippen LogP contribution in [0.25, 0.3) is 0 Å². The first-order valence-corrected chi connectivity index (χ1v) is 6.59. The number of fused-ring (bicyclic) bond motifs is 1. The van der Waals surface area contributed by atoms with Gasteiger partial charge in [-0.25, -0.2) is 0 Å². The maximum Gasteiger partial charge on any atom is 0.312 e. The lowest BCUT2D eigenvalue weighted by Crippen LogP contribution is -2.22. The van der Waals surface area contributed by atoms with E-state index < -0.39 is 0 Å². The molecular formula is C14H22O2. The van der Waals surface area contributed by atoms with Gasteiger partial charge >= 0.3 is 5.97 Å². The third kappa shape index (κ3) is 1.68. The molecule has 90 valence electrons. The van der Waals surface area contributed by atoms with Crippen LogP contribution in [-0.2, 0) is 9.53 Å². The Labute approximate surface area is 98.1 Å². The zero-order chi connectivity index (χ0) is 11.6. The van der Waals surface area contributed by atoms with Crippen LogP contribution in [0.4, 0.5) is 0 Å². The molecule has 0 spiro atoms. The first-order chi connectivity index (χ1) is 7.77. The summed E-state index contributed by atoms with van der Waals surface area (Å²) in [6.07, 6.45) is 10.0. The minimum Gasteiger partial charge on any atom is -0.466 e. The van der Waals surface area contributed by atoms with Crippen LogP contribution < -0.4 is 0 Å². The smallest absolute Gasteiger partial charge is 0.312 e. The maximum absolute atomic E-state index is 12.1. The first-order valence-electron chi connectivity index (χ1n) is 6.59. The van der Waals surface area contributed by atoms with Gasteiger partial charge in [0.1, 0.15) is 0 Å². The van der Waals surface area contributed by atoms with Crippen molar-refractivity contribution in [2.75, 3.05) is 6.61 Å². The molecule has 0 heterocycles. The van der Waals surface area contributed by atoms with Crippen molar-refractivity contribution in [1.82, 2.24) is 0 Å². The second-order valence-corrected chi connectivity index (χ2v) is 4.95. The summed E-state index contributed by atoms with van der Waals surface area (Å²) >= 11 is 0. The summed E-state index contributed by atoms with van der Waals surface area (Å²) in [6.45, 7) is 4.54. The lowest BCUT2D eigenvalue weighted by atomic mass is 9.96. The molecule has 2 aliphatic carbocycles. The van der Waals surface area contributed by atoms with Crippen molar-refractivity contribution in [2.45, 2.75) is 46.0 Å². The van der Waals surface area contributed by atoms with Crippen LogP contribution in [0.15, 0.2) is 12.2 Å². The molecule has 0 aromatic rings. The predicted molar refractivity (Wildman–Crippen MR) is 63.9 cm³/mol. The molecule has 0 aliphatic heterocycles. The first kappa shape index (κ1) is 11.7. The van der Waals surface area contributed by atoms with E-state index in [-0.39, 0.29) is 11.4 Å². The summed E-state index contributed by atoms with van der Waals surface area (Å²) in [4.78, 5) is 12.1. The summed E-state index contributed by atoms with van der Waals surface area (Å²) in [5.74, 6) is 1.23. The van der Waals surface area contributed by atoms with Crippen molar-refractivity contribution >= 4 is 5.97 Å². The van der Waals surface area contributed by atoms with Gasteiger partial charge in [0.05, 0.1) is 12.0 Å². The fourth-order valence-corrected chi connectivity index (χ4v) is 3.55. The minimum atomic E-state index is -0.123. The Hall–Kier alpha value is -0.790. The van der Waals surface area contributed by atoms with Gasteiger partial charge in [-0.1, -0.05) is 19.1 Å². The third-order valence-electron chi connectivity index (χ3n) is 4.40. The Morgan fingerprint density at radius 1 is 1.25 bits per heavy atom. The van der Waals surface area contributed by atoms with Gasteiger partial charge in [0, 0.05) is 0 Å². The van der Waals surface area contributed by atoms with Crippen LogP contribution in [-0.4, -0.2) is 12.6 Å². The predicted octanol–water partition coefficient (Wildman–Crippen LogP) is 3.32. The molecule has 1 saturated carbocycles. The van der Waals surface area contributed by atoms with Gasteiger partial charge in [-0.15, -0.1) is 0 Å². The molecule has 1 fully saturated rings. The molecule has 0 aromatic heterocycles. The van der Waals surface area contributed by atoms with Crippen LogP contribution >= 0.6 is 0 Å². The summed E-state index contributed by atoms with van der Waals surface area (Å²) in [5, 5.41) is 0. The number of carbonyl (C=O) groups is 1. The standard InChI is InChI=1S/C14H22O2/c1-3-14(13(15)16-4-2)11-9-7-5-6-8-10-12(11)14/h5-6,11-12H,3-4,7-10H2,1-2H3/b6-5-/t11-,12+,14?. The van der Waals surface area contributed by atoms with Crippen molar-refractivity contribution in [2.24, 2.45) is 17.3 Å². The normalized spacial score (nSPS) is 39.1. The molecule has 0 N–H and O–H groups in total. The monoisotopic (exact) mass is 222 g/mol. The van der Waals surface area contributed by atoms with E-state index in [2.05, 4.69) is 19.1 Å². The quantitative estimate of drug-likeness (QED) is 0.541. The largest absolute Gasteiger partial charge is 0.466 e. The summed E-state index contributed by atoms with van der Waals surface area (Å²) in [7, 11) is 0. The molecule has 0 saturated heterocycles. The average molecular weight is 222 g/mol. The lowest BCUT2D eigenvalue weighted by molar-refractivity contribution is -0.151. The van der Waals surface area contributed by atoms with Gasteiger partial charge in [0.15, 0.2) is 0 Å². The number of hydrogen-bond acceptors (Lipinski definition) is 2. The zero-order valence-electron chi connectivity index (χ0n) is 10.4. The highest BCUT2D eigenvalue weighted by atomic mass is 16.5. The molecule has 0 radical (unpaired) electrons. The van der Waals surface area contributed by atoms with Crippen LogP contribution in [0.5, 0.6) is 0 Å². The summed E-state index contributed by atoms with van der Waals surface area (Å²) in [5.41, 5.74) is -0.123. The van der Waals surface area contributed by atoms with Gasteiger partial charge in [-0.3, -0.25) is 4.79 Å². The van der Waals surface area contributed by atoms with E-state index in [1.807, 2.05) is 6.92 Å². The lowest BCUT2D eigenvalue weighted by Gasteiger charge is -2.14. The van der Waals surface area contributed by atoms with E-state index in [1.54, 1.807) is 0 Å². The Kier molecular flexibility index (Phi) is 3.36. The highest BCUT2D eigenvalue weighted by Gasteiger charge is 2.67. The molecule has 1 unspecified atom stereocenters. The number of esters is 1. The molecule has 2 rings (SSSR count). The van der Waals surface area contributed by atoms with E-state index in [1.165, 1.54) is 0 Å². The van der Waals surface area contributed by atoms with Crippen molar-refractivity contribution < 1.29 is 9.53 Å². The number of ether oxygens (including phenoxy) is 1. The Morgan fingerprint density at radius 2 is 1.81 bits per heavy atom. The van der Waals surface area contributed by atoms with E-state index in [4.69, 9.17) is 4.74 Å². The SMILES string of the molecule is CCOC(=O)C1(CC)[C@@H]2CC/C=C\CC[C@@H]21. The van der Waals surface area contributed by atoms with Crippen LogP contribution in [0.1, 0.15) is 46.0 Å². The number of rotatable bonds is 3. The Balaban J connectivity index is 2.10. The van der Waals surface area contributed by atoms with Crippen molar-refractivity contribution in [3.63, 3.8) is 0 Å². The Bertz CT molecular complexity index is 277. The van der Waals surface area contributed by atoms with E-state index >= 15 is 0 Å². The molecule has 0 bridgehead atoms. The van der Waals surface area contributed by atoms with Gasteiger partial charge in [0.25, 0.3) is 0 Å². The molecule has 2 heteroatoms.